The summed E-state index contributed by atoms with van der Waals surface area (Å²) in [6, 6.07) is 4.16. The maximum absolute atomic E-state index is 11.4. The van der Waals surface area contributed by atoms with E-state index in [1.165, 1.54) is 31.7 Å². The summed E-state index contributed by atoms with van der Waals surface area (Å²) >= 11 is 3.63. The van der Waals surface area contributed by atoms with Crippen molar-refractivity contribution in [1.29, 1.82) is 0 Å². The van der Waals surface area contributed by atoms with Gasteiger partial charge in [-0.05, 0) is 55.2 Å². The van der Waals surface area contributed by atoms with Gasteiger partial charge in [-0.1, -0.05) is 29.8 Å². The predicted octanol–water partition coefficient (Wildman–Crippen LogP) is 4.76. The minimum atomic E-state index is -0.243. The molecule has 108 valence electrons. The van der Waals surface area contributed by atoms with E-state index in [4.69, 9.17) is 4.74 Å². The van der Waals surface area contributed by atoms with E-state index in [9.17, 15) is 4.79 Å². The van der Waals surface area contributed by atoms with Crippen molar-refractivity contribution in [1.82, 2.24) is 0 Å². The zero-order chi connectivity index (χ0) is 14.7. The molecule has 2 saturated carbocycles. The number of halogens is 1. The number of esters is 1. The highest BCUT2D eigenvalue weighted by molar-refractivity contribution is 9.10. The molecule has 2 aliphatic carbocycles. The topological polar surface area (TPSA) is 26.3 Å². The zero-order valence-electron chi connectivity index (χ0n) is 12.5. The molecule has 3 atom stereocenters. The van der Waals surface area contributed by atoms with Crippen LogP contribution in [0.25, 0.3) is 0 Å². The molecule has 0 unspecified atom stereocenters. The van der Waals surface area contributed by atoms with Crippen LogP contribution >= 0.6 is 15.9 Å². The Morgan fingerprint density at radius 2 is 2.10 bits per heavy atom. The molecule has 0 amide bonds. The van der Waals surface area contributed by atoms with Gasteiger partial charge in [0.05, 0.1) is 0 Å². The number of rotatable bonds is 2. The molecule has 1 aromatic rings. The highest BCUT2D eigenvalue weighted by atomic mass is 79.9. The van der Waals surface area contributed by atoms with Gasteiger partial charge in [-0.25, -0.2) is 0 Å². The Kier molecular flexibility index (Phi) is 3.06. The molecule has 0 heterocycles. The van der Waals surface area contributed by atoms with Gasteiger partial charge in [-0.3, -0.25) is 4.79 Å². The van der Waals surface area contributed by atoms with E-state index < -0.39 is 0 Å². The van der Waals surface area contributed by atoms with Gasteiger partial charge in [0.1, 0.15) is 5.75 Å². The number of benzene rings is 1. The molecule has 2 aliphatic rings. The summed E-state index contributed by atoms with van der Waals surface area (Å²) in [6.07, 6.45) is 3.77. The van der Waals surface area contributed by atoms with Gasteiger partial charge >= 0.3 is 5.97 Å². The molecule has 0 saturated heterocycles. The Balaban J connectivity index is 2.12. The van der Waals surface area contributed by atoms with Crippen LogP contribution in [0.5, 0.6) is 5.75 Å². The molecule has 0 radical (unpaired) electrons. The fraction of sp³-hybridized carbons (Fsp3) is 0.588. The monoisotopic (exact) mass is 336 g/mol. The first-order valence-electron chi connectivity index (χ1n) is 7.27. The molecule has 3 rings (SSSR count). The second-order valence-corrected chi connectivity index (χ2v) is 7.73. The molecular weight excluding hydrogens is 316 g/mol. The summed E-state index contributed by atoms with van der Waals surface area (Å²) in [5.41, 5.74) is 2.77. The van der Waals surface area contributed by atoms with Crippen LogP contribution in [-0.4, -0.2) is 5.97 Å². The first kappa shape index (κ1) is 14.1. The lowest BCUT2D eigenvalue weighted by atomic mass is 9.70. The molecule has 0 aliphatic heterocycles. The van der Waals surface area contributed by atoms with E-state index in [2.05, 4.69) is 35.8 Å². The van der Waals surface area contributed by atoms with E-state index in [0.717, 1.165) is 21.7 Å². The van der Waals surface area contributed by atoms with Crippen molar-refractivity contribution in [2.24, 2.45) is 11.3 Å². The van der Waals surface area contributed by atoms with Crippen molar-refractivity contribution in [3.05, 3.63) is 27.7 Å². The molecular formula is C17H21BrO2. The van der Waals surface area contributed by atoms with Gasteiger partial charge in [0.2, 0.25) is 0 Å². The van der Waals surface area contributed by atoms with Crippen LogP contribution in [0.3, 0.4) is 0 Å². The molecule has 3 heteroatoms. The van der Waals surface area contributed by atoms with E-state index in [-0.39, 0.29) is 11.4 Å². The van der Waals surface area contributed by atoms with Gasteiger partial charge in [0.15, 0.2) is 0 Å². The van der Waals surface area contributed by atoms with E-state index in [1.54, 1.807) is 0 Å². The van der Waals surface area contributed by atoms with Crippen molar-refractivity contribution in [2.45, 2.75) is 52.4 Å². The number of ether oxygens (including phenoxy) is 1. The molecule has 2 fully saturated rings. The SMILES string of the molecule is CC(=O)Oc1cc(C)c(Br)cc1[C@]1(C)CC[C@@H]2C[C@@]21C. The normalized spacial score (nSPS) is 34.8. The van der Waals surface area contributed by atoms with Crippen LogP contribution in [0, 0.1) is 18.3 Å². The second kappa shape index (κ2) is 4.33. The molecule has 2 nitrogen and oxygen atoms in total. The quantitative estimate of drug-likeness (QED) is 0.574. The first-order valence-corrected chi connectivity index (χ1v) is 8.06. The molecule has 1 aromatic carbocycles. The Morgan fingerprint density at radius 1 is 1.40 bits per heavy atom. The van der Waals surface area contributed by atoms with Crippen molar-refractivity contribution in [3.63, 3.8) is 0 Å². The number of hydrogen-bond donors (Lipinski definition) is 0. The third kappa shape index (κ3) is 1.86. The van der Waals surface area contributed by atoms with Gasteiger partial charge in [-0.15, -0.1) is 0 Å². The van der Waals surface area contributed by atoms with Crippen molar-refractivity contribution in [3.8, 4) is 5.75 Å². The average molecular weight is 337 g/mol. The fourth-order valence-electron chi connectivity index (χ4n) is 4.07. The average Bonchev–Trinajstić information content (AvgIpc) is 2.96. The van der Waals surface area contributed by atoms with Gasteiger partial charge in [0, 0.05) is 22.4 Å². The van der Waals surface area contributed by atoms with Gasteiger partial charge in [0.25, 0.3) is 0 Å². The Morgan fingerprint density at radius 3 is 2.60 bits per heavy atom. The van der Waals surface area contributed by atoms with Crippen molar-refractivity contribution in [2.75, 3.05) is 0 Å². The summed E-state index contributed by atoms with van der Waals surface area (Å²) < 4.78 is 6.61. The first-order chi connectivity index (χ1) is 9.28. The number of fused-ring (bicyclic) bond motifs is 1. The van der Waals surface area contributed by atoms with Crippen molar-refractivity contribution >= 4 is 21.9 Å². The van der Waals surface area contributed by atoms with Gasteiger partial charge in [-0.2, -0.15) is 0 Å². The third-order valence-electron chi connectivity index (χ3n) is 5.77. The molecule has 0 N–H and O–H groups in total. The Bertz CT molecular complexity index is 593. The molecule has 20 heavy (non-hydrogen) atoms. The number of aryl methyl sites for hydroxylation is 1. The largest absolute Gasteiger partial charge is 0.426 e. The highest BCUT2D eigenvalue weighted by Gasteiger charge is 2.66. The molecule has 0 spiro atoms. The summed E-state index contributed by atoms with van der Waals surface area (Å²) in [5, 5.41) is 0. The number of carbonyl (C=O) groups is 1. The van der Waals surface area contributed by atoms with E-state index in [1.807, 2.05) is 13.0 Å². The van der Waals surface area contributed by atoms with Crippen LogP contribution < -0.4 is 4.74 Å². The van der Waals surface area contributed by atoms with Crippen LogP contribution in [-0.2, 0) is 10.2 Å². The third-order valence-corrected chi connectivity index (χ3v) is 6.63. The molecule has 0 bridgehead atoms. The standard InChI is InChI=1S/C17H21BrO2/c1-10-7-15(20-11(2)19)13(8-14(10)18)16(3)6-5-12-9-17(12,16)4/h7-8,12H,5-6,9H2,1-4H3/t12-,16+,17+/m1/s1. The second-order valence-electron chi connectivity index (χ2n) is 6.88. The predicted molar refractivity (Wildman–Crippen MR) is 83.0 cm³/mol. The maximum atomic E-state index is 11.4. The lowest BCUT2D eigenvalue weighted by Crippen LogP contribution is -2.30. The highest BCUT2D eigenvalue weighted by Crippen LogP contribution is 2.73. The van der Waals surface area contributed by atoms with E-state index >= 15 is 0 Å². The summed E-state index contributed by atoms with van der Waals surface area (Å²) in [6.45, 7) is 8.22. The lowest BCUT2D eigenvalue weighted by molar-refractivity contribution is -0.132. The number of hydrogen-bond acceptors (Lipinski definition) is 2. The summed E-state index contributed by atoms with van der Waals surface area (Å²) in [7, 11) is 0. The van der Waals surface area contributed by atoms with Gasteiger partial charge < -0.3 is 4.74 Å². The van der Waals surface area contributed by atoms with Crippen LogP contribution in [0.15, 0.2) is 16.6 Å². The summed E-state index contributed by atoms with van der Waals surface area (Å²) in [4.78, 5) is 11.4. The Hall–Kier alpha value is -0.830. The fourth-order valence-corrected chi connectivity index (χ4v) is 4.41. The number of carbonyl (C=O) groups excluding carboxylic acids is 1. The van der Waals surface area contributed by atoms with Crippen LogP contribution in [0.2, 0.25) is 0 Å². The van der Waals surface area contributed by atoms with Crippen molar-refractivity contribution < 1.29 is 9.53 Å². The smallest absolute Gasteiger partial charge is 0.308 e. The minimum Gasteiger partial charge on any atom is -0.426 e. The minimum absolute atomic E-state index is 0.110. The Labute approximate surface area is 129 Å². The van der Waals surface area contributed by atoms with Crippen LogP contribution in [0.1, 0.15) is 51.2 Å². The lowest BCUT2D eigenvalue weighted by Gasteiger charge is -2.35. The molecule has 0 aromatic heterocycles. The summed E-state index contributed by atoms with van der Waals surface area (Å²) in [5.74, 6) is 1.35. The van der Waals surface area contributed by atoms with E-state index in [0.29, 0.717) is 5.41 Å². The van der Waals surface area contributed by atoms with Crippen LogP contribution in [0.4, 0.5) is 0 Å². The maximum Gasteiger partial charge on any atom is 0.308 e. The zero-order valence-corrected chi connectivity index (χ0v) is 14.1.